The number of aromatic nitrogens is 4. The zero-order valence-corrected chi connectivity index (χ0v) is 13.5. The van der Waals surface area contributed by atoms with Gasteiger partial charge in [-0.3, -0.25) is 14.2 Å². The summed E-state index contributed by atoms with van der Waals surface area (Å²) in [5.74, 6) is -1.21. The molecule has 0 bridgehead atoms. The Morgan fingerprint density at radius 1 is 1.39 bits per heavy atom. The quantitative estimate of drug-likeness (QED) is 0.706. The second-order valence-corrected chi connectivity index (χ2v) is 5.43. The molecule has 0 radical (unpaired) electrons. The Balaban J connectivity index is 1.67. The molecular weight excluding hydrogens is 322 g/mol. The van der Waals surface area contributed by atoms with Gasteiger partial charge in [0, 0.05) is 31.9 Å². The van der Waals surface area contributed by atoms with Gasteiger partial charge in [0.2, 0.25) is 5.91 Å². The summed E-state index contributed by atoms with van der Waals surface area (Å²) in [4.78, 5) is 22.7. The van der Waals surface area contributed by atoms with E-state index < -0.39 is 5.97 Å². The topological polar surface area (TPSA) is 102 Å². The van der Waals surface area contributed by atoms with Crippen LogP contribution in [0.25, 0.3) is 0 Å². The van der Waals surface area contributed by atoms with Gasteiger partial charge < -0.3 is 10.4 Å². The van der Waals surface area contributed by atoms with Gasteiger partial charge in [0.1, 0.15) is 5.69 Å². The van der Waals surface area contributed by atoms with Crippen LogP contribution in [0.2, 0.25) is 5.02 Å². The minimum atomic E-state index is -1.06. The first-order valence-electron chi connectivity index (χ1n) is 7.18. The molecule has 2 aromatic heterocycles. The highest BCUT2D eigenvalue weighted by atomic mass is 35.5. The molecule has 2 heterocycles. The van der Waals surface area contributed by atoms with Crippen LogP contribution in [0.1, 0.15) is 29.0 Å². The van der Waals surface area contributed by atoms with Crippen molar-refractivity contribution in [2.45, 2.75) is 32.9 Å². The number of amides is 1. The standard InChI is InChI=1S/C14H18ClN5O3/c1-10-11(15)9-19(18-10)7-2-5-16-13(21)4-8-20-12(14(22)23)3-6-17-20/h3,6,9H,2,4-5,7-8H2,1H3,(H,16,21)(H,22,23). The van der Waals surface area contributed by atoms with Gasteiger partial charge >= 0.3 is 5.97 Å². The van der Waals surface area contributed by atoms with Crippen LogP contribution >= 0.6 is 11.6 Å². The van der Waals surface area contributed by atoms with Crippen LogP contribution in [-0.2, 0) is 17.9 Å². The Hall–Kier alpha value is -2.35. The zero-order chi connectivity index (χ0) is 16.8. The van der Waals surface area contributed by atoms with E-state index in [4.69, 9.17) is 16.7 Å². The second-order valence-electron chi connectivity index (χ2n) is 5.02. The summed E-state index contributed by atoms with van der Waals surface area (Å²) in [5, 5.41) is 20.5. The lowest BCUT2D eigenvalue weighted by Crippen LogP contribution is -2.26. The molecule has 8 nitrogen and oxygen atoms in total. The fraction of sp³-hybridized carbons (Fsp3) is 0.429. The maximum Gasteiger partial charge on any atom is 0.354 e. The van der Waals surface area contributed by atoms with Gasteiger partial charge in [-0.2, -0.15) is 10.2 Å². The highest BCUT2D eigenvalue weighted by molar-refractivity contribution is 6.31. The minimum Gasteiger partial charge on any atom is -0.477 e. The van der Waals surface area contributed by atoms with Crippen LogP contribution in [0.4, 0.5) is 0 Å². The monoisotopic (exact) mass is 339 g/mol. The summed E-state index contributed by atoms with van der Waals surface area (Å²) < 4.78 is 3.04. The summed E-state index contributed by atoms with van der Waals surface area (Å²) in [7, 11) is 0. The molecule has 0 unspecified atom stereocenters. The molecule has 124 valence electrons. The number of carboxylic acids is 1. The van der Waals surface area contributed by atoms with Crippen LogP contribution in [0.5, 0.6) is 0 Å². The number of nitrogens with one attached hydrogen (secondary N) is 1. The first-order chi connectivity index (χ1) is 11.0. The van der Waals surface area contributed by atoms with E-state index in [9.17, 15) is 9.59 Å². The lowest BCUT2D eigenvalue weighted by atomic mass is 10.3. The van der Waals surface area contributed by atoms with Crippen LogP contribution in [0.15, 0.2) is 18.5 Å². The molecule has 9 heteroatoms. The van der Waals surface area contributed by atoms with E-state index in [0.717, 1.165) is 12.1 Å². The van der Waals surface area contributed by atoms with Gasteiger partial charge in [-0.1, -0.05) is 11.6 Å². The highest BCUT2D eigenvalue weighted by Crippen LogP contribution is 2.11. The molecule has 23 heavy (non-hydrogen) atoms. The molecule has 0 atom stereocenters. The minimum absolute atomic E-state index is 0.0729. The van der Waals surface area contributed by atoms with E-state index in [-0.39, 0.29) is 24.6 Å². The van der Waals surface area contributed by atoms with E-state index >= 15 is 0 Å². The van der Waals surface area contributed by atoms with Gasteiger partial charge in [0.15, 0.2) is 0 Å². The molecule has 0 saturated carbocycles. The Morgan fingerprint density at radius 3 is 2.83 bits per heavy atom. The van der Waals surface area contributed by atoms with Crippen LogP contribution in [-0.4, -0.2) is 43.1 Å². The fourth-order valence-corrected chi connectivity index (χ4v) is 2.22. The normalized spacial score (nSPS) is 10.7. The third kappa shape index (κ3) is 4.82. The molecule has 0 fully saturated rings. The molecule has 0 aliphatic rings. The Kier molecular flexibility index (Phi) is 5.75. The van der Waals surface area contributed by atoms with E-state index in [0.29, 0.717) is 18.1 Å². The molecular formula is C14H18ClN5O3. The van der Waals surface area contributed by atoms with E-state index in [1.54, 1.807) is 10.9 Å². The largest absolute Gasteiger partial charge is 0.477 e. The number of carbonyl (C=O) groups is 2. The van der Waals surface area contributed by atoms with Gasteiger partial charge in [-0.25, -0.2) is 4.79 Å². The number of carboxylic acid groups (broad SMARTS) is 1. The Bertz CT molecular complexity index is 675. The summed E-state index contributed by atoms with van der Waals surface area (Å²) in [5.41, 5.74) is 0.855. The van der Waals surface area contributed by atoms with Gasteiger partial charge in [0.05, 0.1) is 17.3 Å². The number of hydrogen-bond acceptors (Lipinski definition) is 4. The number of aromatic carboxylic acids is 1. The van der Waals surface area contributed by atoms with Gasteiger partial charge in [-0.05, 0) is 19.4 Å². The molecule has 2 rings (SSSR count). The predicted octanol–water partition coefficient (Wildman–Crippen LogP) is 1.34. The number of rotatable bonds is 8. The predicted molar refractivity (Wildman–Crippen MR) is 83.4 cm³/mol. The van der Waals surface area contributed by atoms with Crippen molar-refractivity contribution in [1.29, 1.82) is 0 Å². The van der Waals surface area contributed by atoms with Gasteiger partial charge in [0.25, 0.3) is 0 Å². The van der Waals surface area contributed by atoms with Crippen molar-refractivity contribution in [2.75, 3.05) is 6.54 Å². The SMILES string of the molecule is Cc1nn(CCCNC(=O)CCn2nccc2C(=O)O)cc1Cl. The van der Waals surface area contributed by atoms with Crippen molar-refractivity contribution in [2.24, 2.45) is 0 Å². The summed E-state index contributed by atoms with van der Waals surface area (Å²) in [6, 6.07) is 1.40. The first-order valence-corrected chi connectivity index (χ1v) is 7.56. The smallest absolute Gasteiger partial charge is 0.354 e. The molecule has 0 saturated heterocycles. The Morgan fingerprint density at radius 2 is 2.17 bits per heavy atom. The summed E-state index contributed by atoms with van der Waals surface area (Å²) in [6.45, 7) is 3.24. The number of aryl methyl sites for hydroxylation is 3. The van der Waals surface area contributed by atoms with Crippen molar-refractivity contribution >= 4 is 23.5 Å². The molecule has 2 N–H and O–H groups in total. The fourth-order valence-electron chi connectivity index (χ4n) is 2.07. The summed E-state index contributed by atoms with van der Waals surface area (Å²) >= 11 is 5.91. The van der Waals surface area contributed by atoms with Crippen molar-refractivity contribution in [3.63, 3.8) is 0 Å². The third-order valence-corrected chi connectivity index (χ3v) is 3.63. The molecule has 0 aromatic carbocycles. The second kappa shape index (κ2) is 7.77. The average Bonchev–Trinajstić information content (AvgIpc) is 3.09. The third-order valence-electron chi connectivity index (χ3n) is 3.26. The lowest BCUT2D eigenvalue weighted by Gasteiger charge is -2.07. The lowest BCUT2D eigenvalue weighted by molar-refractivity contribution is -0.121. The van der Waals surface area contributed by atoms with Gasteiger partial charge in [-0.15, -0.1) is 0 Å². The summed E-state index contributed by atoms with van der Waals surface area (Å²) in [6.07, 6.45) is 4.06. The van der Waals surface area contributed by atoms with Crippen LogP contribution in [0, 0.1) is 6.92 Å². The van der Waals surface area contributed by atoms with E-state index in [2.05, 4.69) is 15.5 Å². The van der Waals surface area contributed by atoms with Crippen LogP contribution < -0.4 is 5.32 Å². The van der Waals surface area contributed by atoms with Crippen LogP contribution in [0.3, 0.4) is 0 Å². The maximum absolute atomic E-state index is 11.7. The molecule has 0 aliphatic carbocycles. The number of nitrogens with zero attached hydrogens (tertiary/aromatic N) is 4. The molecule has 0 spiro atoms. The zero-order valence-electron chi connectivity index (χ0n) is 12.7. The first kappa shape index (κ1) is 17.0. The highest BCUT2D eigenvalue weighted by Gasteiger charge is 2.11. The molecule has 2 aromatic rings. The van der Waals surface area contributed by atoms with Crippen molar-refractivity contribution in [3.05, 3.63) is 34.9 Å². The van der Waals surface area contributed by atoms with Crippen molar-refractivity contribution in [1.82, 2.24) is 24.9 Å². The number of carbonyl (C=O) groups excluding carboxylic acids is 1. The number of halogens is 1. The van der Waals surface area contributed by atoms with E-state index in [1.807, 2.05) is 6.92 Å². The van der Waals surface area contributed by atoms with Crippen molar-refractivity contribution in [3.8, 4) is 0 Å². The average molecular weight is 340 g/mol. The molecule has 0 aliphatic heterocycles. The Labute approximate surface area is 138 Å². The van der Waals surface area contributed by atoms with Crippen molar-refractivity contribution < 1.29 is 14.7 Å². The number of hydrogen-bond donors (Lipinski definition) is 2. The van der Waals surface area contributed by atoms with E-state index in [1.165, 1.54) is 16.9 Å². The molecule has 1 amide bonds. The maximum atomic E-state index is 11.7.